The fraction of sp³-hybridized carbons (Fsp3) is 0.412. The van der Waals surface area contributed by atoms with Gasteiger partial charge in [0.05, 0.1) is 12.2 Å². The third-order valence-electron chi connectivity index (χ3n) is 3.39. The molecule has 2 rings (SSSR count). The average Bonchev–Trinajstić information content (AvgIpc) is 2.82. The van der Waals surface area contributed by atoms with Gasteiger partial charge in [0.1, 0.15) is 12.4 Å². The molecule has 0 aliphatic carbocycles. The number of aryl methyl sites for hydroxylation is 3. The Hall–Kier alpha value is -2.30. The number of carbonyl (C=O) groups excluding carboxylic acids is 1. The lowest BCUT2D eigenvalue weighted by Crippen LogP contribution is -2.34. The van der Waals surface area contributed by atoms with E-state index in [9.17, 15) is 4.79 Å². The second kappa shape index (κ2) is 7.11. The van der Waals surface area contributed by atoms with E-state index in [2.05, 4.69) is 4.98 Å². The van der Waals surface area contributed by atoms with Crippen molar-refractivity contribution in [2.24, 2.45) is 0 Å². The summed E-state index contributed by atoms with van der Waals surface area (Å²) in [6.07, 6.45) is 0. The molecule has 0 atom stereocenters. The van der Waals surface area contributed by atoms with Crippen molar-refractivity contribution in [1.82, 2.24) is 9.88 Å². The molecule has 1 heterocycles. The van der Waals surface area contributed by atoms with E-state index in [1.165, 1.54) is 0 Å². The highest BCUT2D eigenvalue weighted by atomic mass is 16.5. The highest BCUT2D eigenvalue weighted by Crippen LogP contribution is 2.14. The van der Waals surface area contributed by atoms with Gasteiger partial charge in [-0.15, -0.1) is 0 Å². The predicted octanol–water partition coefficient (Wildman–Crippen LogP) is 3.14. The lowest BCUT2D eigenvalue weighted by atomic mass is 10.2. The molecular weight excluding hydrogens is 280 g/mol. The molecule has 0 fully saturated rings. The number of hydrogen-bond donors (Lipinski definition) is 0. The van der Waals surface area contributed by atoms with Crippen LogP contribution in [0.15, 0.2) is 28.7 Å². The molecule has 1 amide bonds. The number of aromatic nitrogens is 1. The monoisotopic (exact) mass is 302 g/mol. The molecule has 5 heteroatoms. The molecule has 1 aromatic carbocycles. The summed E-state index contributed by atoms with van der Waals surface area (Å²) in [4.78, 5) is 18.3. The third-order valence-corrected chi connectivity index (χ3v) is 3.39. The highest BCUT2D eigenvalue weighted by Gasteiger charge is 2.21. The van der Waals surface area contributed by atoms with Crippen LogP contribution in [0.4, 0.5) is 0 Å². The maximum atomic E-state index is 12.4. The number of oxazole rings is 1. The van der Waals surface area contributed by atoms with Crippen LogP contribution in [0.25, 0.3) is 0 Å². The molecule has 0 saturated carbocycles. The number of likely N-dealkylation sites (N-methyl/N-ethyl adjacent to an activating group) is 1. The van der Waals surface area contributed by atoms with E-state index in [4.69, 9.17) is 9.15 Å². The van der Waals surface area contributed by atoms with Gasteiger partial charge in [0.15, 0.2) is 5.89 Å². The van der Waals surface area contributed by atoms with Gasteiger partial charge in [-0.2, -0.15) is 0 Å². The summed E-state index contributed by atoms with van der Waals surface area (Å²) in [5.74, 6) is 1.49. The number of ether oxygens (including phenoxy) is 1. The first-order valence-corrected chi connectivity index (χ1v) is 7.44. The van der Waals surface area contributed by atoms with Gasteiger partial charge < -0.3 is 14.1 Å². The zero-order chi connectivity index (χ0) is 16.1. The summed E-state index contributed by atoms with van der Waals surface area (Å²) in [6, 6.07) is 7.86. The number of amides is 1. The number of hydrogen-bond acceptors (Lipinski definition) is 4. The van der Waals surface area contributed by atoms with Crippen molar-refractivity contribution in [3.63, 3.8) is 0 Å². The van der Waals surface area contributed by atoms with Gasteiger partial charge in [-0.1, -0.05) is 12.1 Å². The molecule has 118 valence electrons. The summed E-state index contributed by atoms with van der Waals surface area (Å²) in [7, 11) is 0. The molecular formula is C17H22N2O3. The first kappa shape index (κ1) is 16.1. The standard InChI is InChI=1S/C17H22N2O3/c1-5-19(17(20)16-13(3)18-14(4)22-16)9-10-21-15-8-6-7-12(2)11-15/h6-8,11H,5,9-10H2,1-4H3. The summed E-state index contributed by atoms with van der Waals surface area (Å²) in [5.41, 5.74) is 1.77. The van der Waals surface area contributed by atoms with Crippen LogP contribution in [0.3, 0.4) is 0 Å². The Morgan fingerprint density at radius 3 is 2.68 bits per heavy atom. The van der Waals surface area contributed by atoms with E-state index in [1.54, 1.807) is 18.7 Å². The minimum atomic E-state index is -0.145. The van der Waals surface area contributed by atoms with E-state index in [0.29, 0.717) is 37.0 Å². The molecule has 0 saturated heterocycles. The van der Waals surface area contributed by atoms with E-state index < -0.39 is 0 Å². The average molecular weight is 302 g/mol. The largest absolute Gasteiger partial charge is 0.492 e. The maximum absolute atomic E-state index is 12.4. The van der Waals surface area contributed by atoms with Crippen LogP contribution < -0.4 is 4.74 Å². The second-order valence-corrected chi connectivity index (χ2v) is 5.20. The van der Waals surface area contributed by atoms with Gasteiger partial charge in [0, 0.05) is 13.5 Å². The Morgan fingerprint density at radius 1 is 1.32 bits per heavy atom. The Bertz CT molecular complexity index is 649. The molecule has 22 heavy (non-hydrogen) atoms. The van der Waals surface area contributed by atoms with Crippen LogP contribution in [-0.4, -0.2) is 35.5 Å². The maximum Gasteiger partial charge on any atom is 0.291 e. The molecule has 0 spiro atoms. The van der Waals surface area contributed by atoms with Crippen molar-refractivity contribution in [1.29, 1.82) is 0 Å². The van der Waals surface area contributed by atoms with Crippen LogP contribution in [0.2, 0.25) is 0 Å². The minimum Gasteiger partial charge on any atom is -0.492 e. The zero-order valence-corrected chi connectivity index (χ0v) is 13.5. The van der Waals surface area contributed by atoms with E-state index in [0.717, 1.165) is 11.3 Å². The Balaban J connectivity index is 1.94. The lowest BCUT2D eigenvalue weighted by Gasteiger charge is -2.20. The van der Waals surface area contributed by atoms with Crippen LogP contribution in [-0.2, 0) is 0 Å². The van der Waals surface area contributed by atoms with Crippen LogP contribution >= 0.6 is 0 Å². The van der Waals surface area contributed by atoms with Crippen molar-refractivity contribution in [2.45, 2.75) is 27.7 Å². The van der Waals surface area contributed by atoms with Crippen molar-refractivity contribution >= 4 is 5.91 Å². The van der Waals surface area contributed by atoms with Crippen molar-refractivity contribution in [2.75, 3.05) is 19.7 Å². The Labute approximate surface area is 130 Å². The van der Waals surface area contributed by atoms with E-state index in [1.807, 2.05) is 38.1 Å². The second-order valence-electron chi connectivity index (χ2n) is 5.20. The predicted molar refractivity (Wildman–Crippen MR) is 84.2 cm³/mol. The Kier molecular flexibility index (Phi) is 5.20. The van der Waals surface area contributed by atoms with Gasteiger partial charge in [-0.25, -0.2) is 4.98 Å². The van der Waals surface area contributed by atoms with E-state index >= 15 is 0 Å². The summed E-state index contributed by atoms with van der Waals surface area (Å²) in [6.45, 7) is 9.00. The summed E-state index contributed by atoms with van der Waals surface area (Å²) in [5, 5.41) is 0. The molecule has 0 aliphatic heterocycles. The molecule has 0 bridgehead atoms. The zero-order valence-electron chi connectivity index (χ0n) is 13.5. The lowest BCUT2D eigenvalue weighted by molar-refractivity contribution is 0.0705. The Morgan fingerprint density at radius 2 is 2.09 bits per heavy atom. The fourth-order valence-electron chi connectivity index (χ4n) is 2.26. The van der Waals surface area contributed by atoms with Crippen LogP contribution in [0.1, 0.15) is 34.6 Å². The molecule has 0 radical (unpaired) electrons. The van der Waals surface area contributed by atoms with Gasteiger partial charge >= 0.3 is 0 Å². The van der Waals surface area contributed by atoms with Gasteiger partial charge in [0.2, 0.25) is 5.76 Å². The van der Waals surface area contributed by atoms with Crippen molar-refractivity contribution in [3.05, 3.63) is 47.2 Å². The van der Waals surface area contributed by atoms with E-state index in [-0.39, 0.29) is 5.91 Å². The summed E-state index contributed by atoms with van der Waals surface area (Å²) < 4.78 is 11.1. The molecule has 0 aliphatic rings. The molecule has 2 aromatic rings. The van der Waals surface area contributed by atoms with Gasteiger partial charge in [-0.05, 0) is 38.5 Å². The minimum absolute atomic E-state index is 0.145. The van der Waals surface area contributed by atoms with Crippen LogP contribution in [0, 0.1) is 20.8 Å². The normalized spacial score (nSPS) is 10.5. The number of benzene rings is 1. The summed E-state index contributed by atoms with van der Waals surface area (Å²) >= 11 is 0. The topological polar surface area (TPSA) is 55.6 Å². The number of nitrogens with zero attached hydrogens (tertiary/aromatic N) is 2. The molecule has 0 N–H and O–H groups in total. The number of carbonyl (C=O) groups is 1. The first-order chi connectivity index (χ1) is 10.5. The highest BCUT2D eigenvalue weighted by molar-refractivity contribution is 5.92. The van der Waals surface area contributed by atoms with Crippen molar-refractivity contribution in [3.8, 4) is 5.75 Å². The quantitative estimate of drug-likeness (QED) is 0.822. The third kappa shape index (κ3) is 3.87. The SMILES string of the molecule is CCN(CCOc1cccc(C)c1)C(=O)c1oc(C)nc1C. The van der Waals surface area contributed by atoms with Crippen LogP contribution in [0.5, 0.6) is 5.75 Å². The number of rotatable bonds is 6. The fourth-order valence-corrected chi connectivity index (χ4v) is 2.26. The molecule has 5 nitrogen and oxygen atoms in total. The molecule has 0 unspecified atom stereocenters. The van der Waals surface area contributed by atoms with Gasteiger partial charge in [0.25, 0.3) is 5.91 Å². The first-order valence-electron chi connectivity index (χ1n) is 7.44. The smallest absolute Gasteiger partial charge is 0.291 e. The van der Waals surface area contributed by atoms with Gasteiger partial charge in [-0.3, -0.25) is 4.79 Å². The van der Waals surface area contributed by atoms with Crippen molar-refractivity contribution < 1.29 is 13.9 Å². The molecule has 1 aromatic heterocycles.